The quantitative estimate of drug-likeness (QED) is 0.624. The molecule has 0 unspecified atom stereocenters. The van der Waals surface area contributed by atoms with Crippen LogP contribution in [-0.2, 0) is 9.47 Å². The molecule has 15 heavy (non-hydrogen) atoms. The van der Waals surface area contributed by atoms with Gasteiger partial charge in [0.25, 0.3) is 0 Å². The molecular formula is C11H22N2O2. The normalized spacial score (nSPS) is 52.0. The summed E-state index contributed by atoms with van der Waals surface area (Å²) < 4.78 is 11.6. The molecule has 88 valence electrons. The van der Waals surface area contributed by atoms with Gasteiger partial charge in [-0.05, 0) is 26.7 Å². The average Bonchev–Trinajstić information content (AvgIpc) is 2.15. The lowest BCUT2D eigenvalue weighted by Crippen LogP contribution is -2.59. The number of ether oxygens (including phenoxy) is 2. The van der Waals surface area contributed by atoms with E-state index in [9.17, 15) is 0 Å². The molecule has 1 saturated heterocycles. The van der Waals surface area contributed by atoms with Crippen molar-refractivity contribution >= 4 is 0 Å². The van der Waals surface area contributed by atoms with Gasteiger partial charge in [-0.2, -0.15) is 0 Å². The molecule has 1 heterocycles. The maximum Gasteiger partial charge on any atom is 0.168 e. The van der Waals surface area contributed by atoms with Gasteiger partial charge in [-0.1, -0.05) is 0 Å². The molecule has 4 nitrogen and oxygen atoms in total. The zero-order valence-corrected chi connectivity index (χ0v) is 9.71. The van der Waals surface area contributed by atoms with Crippen LogP contribution >= 0.6 is 0 Å². The van der Waals surface area contributed by atoms with Crippen LogP contribution in [0, 0.1) is 0 Å². The highest BCUT2D eigenvalue weighted by atomic mass is 16.7. The smallest absolute Gasteiger partial charge is 0.168 e. The summed E-state index contributed by atoms with van der Waals surface area (Å²) in [6, 6.07) is 0. The van der Waals surface area contributed by atoms with Crippen molar-refractivity contribution in [1.82, 2.24) is 0 Å². The highest BCUT2D eigenvalue weighted by molar-refractivity contribution is 4.94. The van der Waals surface area contributed by atoms with Crippen LogP contribution < -0.4 is 11.5 Å². The molecular weight excluding hydrogens is 192 g/mol. The first kappa shape index (κ1) is 11.3. The molecule has 2 fully saturated rings. The van der Waals surface area contributed by atoms with E-state index in [1.54, 1.807) is 0 Å². The predicted molar refractivity (Wildman–Crippen MR) is 58.3 cm³/mol. The van der Waals surface area contributed by atoms with Crippen molar-refractivity contribution in [2.75, 3.05) is 13.2 Å². The van der Waals surface area contributed by atoms with Gasteiger partial charge in [0.2, 0.25) is 0 Å². The van der Waals surface area contributed by atoms with Crippen molar-refractivity contribution in [3.8, 4) is 0 Å². The fourth-order valence-corrected chi connectivity index (χ4v) is 2.17. The minimum absolute atomic E-state index is 0.0541. The summed E-state index contributed by atoms with van der Waals surface area (Å²) in [6.45, 7) is 5.20. The van der Waals surface area contributed by atoms with Gasteiger partial charge in [0, 0.05) is 18.4 Å². The number of rotatable bonds is 0. The molecule has 0 aromatic rings. The van der Waals surface area contributed by atoms with Crippen molar-refractivity contribution < 1.29 is 9.47 Å². The zero-order valence-electron chi connectivity index (χ0n) is 9.71. The average molecular weight is 214 g/mol. The highest BCUT2D eigenvalue weighted by Crippen LogP contribution is 2.39. The Kier molecular flexibility index (Phi) is 2.58. The maximum atomic E-state index is 6.09. The van der Waals surface area contributed by atoms with Crippen LogP contribution in [0.15, 0.2) is 0 Å². The molecule has 1 aliphatic carbocycles. The molecule has 0 radical (unpaired) electrons. The molecule has 1 aliphatic heterocycles. The highest BCUT2D eigenvalue weighted by Gasteiger charge is 2.45. The molecule has 4 N–H and O–H groups in total. The van der Waals surface area contributed by atoms with E-state index in [2.05, 4.69) is 6.92 Å². The van der Waals surface area contributed by atoms with Crippen molar-refractivity contribution in [1.29, 1.82) is 0 Å². The lowest BCUT2D eigenvalue weighted by molar-refractivity contribution is -0.300. The molecule has 2 rings (SSSR count). The first-order valence-corrected chi connectivity index (χ1v) is 5.68. The van der Waals surface area contributed by atoms with Gasteiger partial charge in [0.05, 0.1) is 18.8 Å². The Morgan fingerprint density at radius 1 is 0.800 bits per heavy atom. The van der Waals surface area contributed by atoms with Gasteiger partial charge in [-0.3, -0.25) is 0 Å². The van der Waals surface area contributed by atoms with Crippen LogP contribution in [0.25, 0.3) is 0 Å². The third-order valence-electron chi connectivity index (χ3n) is 3.48. The maximum absolute atomic E-state index is 6.09. The van der Waals surface area contributed by atoms with Gasteiger partial charge in [0.1, 0.15) is 0 Å². The van der Waals surface area contributed by atoms with E-state index >= 15 is 0 Å². The Morgan fingerprint density at radius 3 is 1.73 bits per heavy atom. The summed E-state index contributed by atoms with van der Waals surface area (Å²) in [6.07, 6.45) is 3.68. The minimum atomic E-state index is -0.391. The molecule has 0 bridgehead atoms. The molecule has 0 amide bonds. The van der Waals surface area contributed by atoms with Gasteiger partial charge in [-0.15, -0.1) is 0 Å². The molecule has 0 aromatic heterocycles. The summed E-state index contributed by atoms with van der Waals surface area (Å²) in [7, 11) is 0. The first-order chi connectivity index (χ1) is 6.83. The number of nitrogens with two attached hydrogens (primary N) is 2. The fraction of sp³-hybridized carbons (Fsp3) is 1.00. The summed E-state index contributed by atoms with van der Waals surface area (Å²) in [5, 5.41) is 0. The van der Waals surface area contributed by atoms with Crippen LogP contribution in [0.3, 0.4) is 0 Å². The van der Waals surface area contributed by atoms with E-state index in [-0.39, 0.29) is 11.1 Å². The second-order valence-corrected chi connectivity index (χ2v) is 5.80. The summed E-state index contributed by atoms with van der Waals surface area (Å²) in [5.74, 6) is -0.391. The van der Waals surface area contributed by atoms with E-state index in [4.69, 9.17) is 20.9 Å². The summed E-state index contributed by atoms with van der Waals surface area (Å²) in [4.78, 5) is 0. The van der Waals surface area contributed by atoms with Gasteiger partial charge >= 0.3 is 0 Å². The third kappa shape index (κ3) is 2.50. The zero-order chi connectivity index (χ0) is 11.2. The Balaban J connectivity index is 1.95. The second kappa shape index (κ2) is 3.42. The Labute approximate surface area is 91.3 Å². The monoisotopic (exact) mass is 214 g/mol. The predicted octanol–water partition coefficient (Wildman–Crippen LogP) is 0.738. The van der Waals surface area contributed by atoms with Crippen molar-refractivity contribution in [2.45, 2.75) is 56.4 Å². The van der Waals surface area contributed by atoms with Gasteiger partial charge in [-0.25, -0.2) is 0 Å². The number of hydrogen-bond acceptors (Lipinski definition) is 4. The van der Waals surface area contributed by atoms with Crippen LogP contribution in [0.2, 0.25) is 0 Å². The van der Waals surface area contributed by atoms with E-state index in [1.807, 2.05) is 6.92 Å². The standard InChI is InChI=1S/C11H22N2O2/c1-9(12)3-5-11(6-4-9)14-7-10(2,13)8-15-11/h3-8,12-13H2,1-2H3. The Bertz CT molecular complexity index is 201. The molecule has 4 heteroatoms. The molecule has 2 aliphatic rings. The SMILES string of the molecule is CC1(N)CCC2(CC1)OCC(C)(N)CO2. The van der Waals surface area contributed by atoms with E-state index < -0.39 is 5.79 Å². The van der Waals surface area contributed by atoms with E-state index in [0.717, 1.165) is 25.7 Å². The minimum Gasteiger partial charge on any atom is -0.348 e. The first-order valence-electron chi connectivity index (χ1n) is 5.68. The molecule has 1 spiro atoms. The van der Waals surface area contributed by atoms with Crippen molar-refractivity contribution in [2.24, 2.45) is 11.5 Å². The van der Waals surface area contributed by atoms with Crippen LogP contribution in [-0.4, -0.2) is 30.1 Å². The number of hydrogen-bond donors (Lipinski definition) is 2. The lowest BCUT2D eigenvalue weighted by Gasteiger charge is -2.48. The Hall–Kier alpha value is -0.160. The van der Waals surface area contributed by atoms with Crippen LogP contribution in [0.1, 0.15) is 39.5 Å². The largest absolute Gasteiger partial charge is 0.348 e. The van der Waals surface area contributed by atoms with Crippen molar-refractivity contribution in [3.63, 3.8) is 0 Å². The third-order valence-corrected chi connectivity index (χ3v) is 3.48. The van der Waals surface area contributed by atoms with Gasteiger partial charge < -0.3 is 20.9 Å². The van der Waals surface area contributed by atoms with Crippen LogP contribution in [0.5, 0.6) is 0 Å². The summed E-state index contributed by atoms with van der Waals surface area (Å²) in [5.41, 5.74) is 11.6. The van der Waals surface area contributed by atoms with E-state index in [0.29, 0.717) is 13.2 Å². The summed E-state index contributed by atoms with van der Waals surface area (Å²) >= 11 is 0. The van der Waals surface area contributed by atoms with Gasteiger partial charge in [0.15, 0.2) is 5.79 Å². The fourth-order valence-electron chi connectivity index (χ4n) is 2.17. The van der Waals surface area contributed by atoms with Crippen LogP contribution in [0.4, 0.5) is 0 Å². The van der Waals surface area contributed by atoms with E-state index in [1.165, 1.54) is 0 Å². The van der Waals surface area contributed by atoms with Crippen molar-refractivity contribution in [3.05, 3.63) is 0 Å². The topological polar surface area (TPSA) is 70.5 Å². The molecule has 0 aromatic carbocycles. The lowest BCUT2D eigenvalue weighted by atomic mass is 9.80. The second-order valence-electron chi connectivity index (χ2n) is 5.80. The Morgan fingerprint density at radius 2 is 1.27 bits per heavy atom. The molecule has 0 atom stereocenters. The molecule has 1 saturated carbocycles.